The van der Waals surface area contributed by atoms with Gasteiger partial charge < -0.3 is 9.90 Å². The number of allylic oxidation sites excluding steroid dienone is 2. The molecule has 0 aromatic carbocycles. The molecule has 0 amide bonds. The van der Waals surface area contributed by atoms with Crippen molar-refractivity contribution in [2.45, 2.75) is 96.8 Å². The first-order valence-electron chi connectivity index (χ1n) is 8.62. The second-order valence-electron chi connectivity index (χ2n) is 5.71. The zero-order valence-corrected chi connectivity index (χ0v) is 15.7. The maximum Gasteiger partial charge on any atom is 1.00 e. The molecule has 0 aliphatic carbocycles. The molecule has 0 spiro atoms. The van der Waals surface area contributed by atoms with Gasteiger partial charge in [0.15, 0.2) is 0 Å². The zero-order valence-electron chi connectivity index (χ0n) is 14.7. The van der Waals surface area contributed by atoms with Gasteiger partial charge >= 0.3 is 18.9 Å². The van der Waals surface area contributed by atoms with Gasteiger partial charge in [-0.2, -0.15) is 0 Å². The summed E-state index contributed by atoms with van der Waals surface area (Å²) in [6.45, 7) is 2.26. The van der Waals surface area contributed by atoms with Gasteiger partial charge in [0.2, 0.25) is 0 Å². The minimum Gasteiger partial charge on any atom is -0.550 e. The molecule has 22 heavy (non-hydrogen) atoms. The molecule has 0 aliphatic heterocycles. The Morgan fingerprint density at radius 1 is 0.773 bits per heavy atom. The quantitative estimate of drug-likeness (QED) is 0.257. The molecule has 0 fully saturated rings. The summed E-state index contributed by atoms with van der Waals surface area (Å²) in [5.41, 5.74) is 0. The first kappa shape index (κ1) is 27.2. The zero-order chi connectivity index (χ0) is 14.9. The molecule has 0 saturated heterocycles. The van der Waals surface area contributed by atoms with E-state index in [0.29, 0.717) is 0 Å². The molecule has 0 N–H and O–H groups in total. The van der Waals surface area contributed by atoms with Gasteiger partial charge in [0.25, 0.3) is 0 Å². The maximum absolute atomic E-state index is 10.2. The van der Waals surface area contributed by atoms with Crippen molar-refractivity contribution < 1.29 is 45.5 Å². The molecule has 0 rings (SSSR count). The predicted molar refractivity (Wildman–Crippen MR) is 84.5 cm³/mol. The second kappa shape index (κ2) is 23.6. The van der Waals surface area contributed by atoms with E-state index in [4.69, 9.17) is 0 Å². The van der Waals surface area contributed by atoms with Crippen LogP contribution in [0.1, 0.15) is 96.8 Å². The van der Waals surface area contributed by atoms with E-state index >= 15 is 0 Å². The van der Waals surface area contributed by atoms with Crippen LogP contribution in [0, 0.1) is 0 Å². The van der Waals surface area contributed by atoms with Gasteiger partial charge in [-0.1, -0.05) is 70.4 Å². The Labute approximate surface area is 160 Å². The molecule has 0 aromatic rings. The number of rotatable bonds is 15. The van der Waals surface area contributed by atoms with Crippen LogP contribution in [0.15, 0.2) is 12.2 Å². The molecule has 0 saturated carbocycles. The molecule has 0 atom stereocenters. The van der Waals surface area contributed by atoms with E-state index in [1.807, 2.05) is 0 Å². The fourth-order valence-corrected chi connectivity index (χ4v) is 2.34. The number of carboxylic acid groups (broad SMARTS) is 1. The number of aliphatic carboxylic acids is 1. The van der Waals surface area contributed by atoms with E-state index in [9.17, 15) is 9.90 Å². The normalized spacial score (nSPS) is 10.2. The first-order chi connectivity index (χ1) is 9.77. The van der Waals surface area contributed by atoms with Crippen molar-refractivity contribution in [3.8, 4) is 0 Å². The van der Waals surface area contributed by atoms with E-state index in [2.05, 4.69) is 19.1 Å². The Kier molecular flexibility index (Phi) is 29.1. The summed E-state index contributed by atoms with van der Waals surface area (Å²) in [6.07, 6.45) is 20.9. The number of hydrogen-bond donors (Lipinski definition) is 0. The molecule has 1 radical (unpaired) electrons. The van der Waals surface area contributed by atoms with Gasteiger partial charge in [-0.25, -0.2) is 0 Å². The first-order valence-corrected chi connectivity index (χ1v) is 8.62. The van der Waals surface area contributed by atoms with Crippen LogP contribution in [-0.4, -0.2) is 5.97 Å². The third-order valence-corrected chi connectivity index (χ3v) is 3.64. The van der Waals surface area contributed by atoms with Crippen LogP contribution in [-0.2, 0) is 21.6 Å². The summed E-state index contributed by atoms with van der Waals surface area (Å²) in [7, 11) is 0. The van der Waals surface area contributed by atoms with Crippen molar-refractivity contribution in [1.29, 1.82) is 0 Å². The predicted octanol–water partition coefficient (Wildman–Crippen LogP) is 1.78. The summed E-state index contributed by atoms with van der Waals surface area (Å²) in [6, 6.07) is 0. The minimum atomic E-state index is -0.914. The van der Waals surface area contributed by atoms with Crippen LogP contribution >= 0.6 is 0 Å². The molecule has 4 heteroatoms. The van der Waals surface area contributed by atoms with Crippen LogP contribution in [0.25, 0.3) is 0 Å². The van der Waals surface area contributed by atoms with E-state index in [0.717, 1.165) is 19.3 Å². The average Bonchev–Trinajstić information content (AvgIpc) is 2.43. The third kappa shape index (κ3) is 25.3. The third-order valence-electron chi connectivity index (χ3n) is 3.64. The van der Waals surface area contributed by atoms with Crippen molar-refractivity contribution >= 4 is 5.97 Å². The summed E-state index contributed by atoms with van der Waals surface area (Å²) in [5, 5.41) is 10.2. The van der Waals surface area contributed by atoms with Crippen molar-refractivity contribution in [3.05, 3.63) is 12.2 Å². The van der Waals surface area contributed by atoms with Gasteiger partial charge in [0, 0.05) is 22.7 Å². The maximum atomic E-state index is 10.2. The smallest absolute Gasteiger partial charge is 0.550 e. The van der Waals surface area contributed by atoms with Crippen LogP contribution < -0.4 is 24.0 Å². The Morgan fingerprint density at radius 3 is 1.64 bits per heavy atom. The Balaban J connectivity index is -0.00000180. The van der Waals surface area contributed by atoms with Crippen molar-refractivity contribution in [1.82, 2.24) is 0 Å². The van der Waals surface area contributed by atoms with E-state index in [1.165, 1.54) is 64.2 Å². The van der Waals surface area contributed by atoms with Crippen LogP contribution in [0.5, 0.6) is 0 Å². The Hall–Kier alpha value is 0.314. The Morgan fingerprint density at radius 2 is 1.18 bits per heavy atom. The number of unbranched alkanes of at least 4 members (excludes halogenated alkanes) is 11. The summed E-state index contributed by atoms with van der Waals surface area (Å²) >= 11 is 0. The summed E-state index contributed by atoms with van der Waals surface area (Å²) < 4.78 is 0. The van der Waals surface area contributed by atoms with Crippen LogP contribution in [0.4, 0.5) is 0 Å². The molecule has 0 unspecified atom stereocenters. The van der Waals surface area contributed by atoms with Crippen LogP contribution in [0.2, 0.25) is 0 Å². The van der Waals surface area contributed by atoms with E-state index < -0.39 is 5.97 Å². The van der Waals surface area contributed by atoms with Gasteiger partial charge in [0.1, 0.15) is 0 Å². The minimum absolute atomic E-state index is 0. The molecule has 0 aromatic heterocycles. The summed E-state index contributed by atoms with van der Waals surface area (Å²) in [5.74, 6) is -0.914. The molecule has 0 aliphatic rings. The fraction of sp³-hybridized carbons (Fsp3) is 0.833. The molecular weight excluding hydrogens is 314 g/mol. The van der Waals surface area contributed by atoms with Crippen LogP contribution in [0.3, 0.4) is 0 Å². The van der Waals surface area contributed by atoms with Crippen molar-refractivity contribution in [3.63, 3.8) is 0 Å². The molecule has 127 valence electrons. The fourth-order valence-electron chi connectivity index (χ4n) is 2.34. The molecule has 0 heterocycles. The molecule has 2 nitrogen and oxygen atoms in total. The largest absolute Gasteiger partial charge is 1.00 e. The average molecular weight is 347 g/mol. The number of carbonyl (C=O) groups excluding carboxylic acids is 1. The number of hydrogen-bond acceptors (Lipinski definition) is 2. The molecular formula is C18H33CoLiO2. The second-order valence-corrected chi connectivity index (χ2v) is 5.71. The molecule has 0 bridgehead atoms. The standard InChI is InChI=1S/C18H34O2.Co.Li/c1-2-3-4-5-6-7-8-9-10-11-12-13-14-15-16-17-18(19)20;;/h9-10H,2-8,11-17H2,1H3,(H,19,20);;/q;;+1/p-1/b10-9-;;. The van der Waals surface area contributed by atoms with Gasteiger partial charge in [0.05, 0.1) is 0 Å². The Bertz CT molecular complexity index is 245. The van der Waals surface area contributed by atoms with E-state index in [1.54, 1.807) is 0 Å². The van der Waals surface area contributed by atoms with Gasteiger partial charge in [-0.3, -0.25) is 0 Å². The number of carbonyl (C=O) groups is 1. The van der Waals surface area contributed by atoms with Gasteiger partial charge in [-0.05, 0) is 38.5 Å². The van der Waals surface area contributed by atoms with Gasteiger partial charge in [-0.15, -0.1) is 0 Å². The van der Waals surface area contributed by atoms with E-state index in [-0.39, 0.29) is 42.1 Å². The monoisotopic (exact) mass is 347 g/mol. The van der Waals surface area contributed by atoms with Crippen molar-refractivity contribution in [2.75, 3.05) is 0 Å². The summed E-state index contributed by atoms with van der Waals surface area (Å²) in [4.78, 5) is 10.2. The van der Waals surface area contributed by atoms with Crippen molar-refractivity contribution in [2.24, 2.45) is 0 Å². The topological polar surface area (TPSA) is 40.1 Å². The number of carboxylic acids is 1. The SMILES string of the molecule is CCCCCCCC/C=C\CCCCCCCC(=O)[O-].[Co].[Li+].